The van der Waals surface area contributed by atoms with Crippen molar-refractivity contribution >= 4 is 5.91 Å². The molecule has 0 aliphatic carbocycles. The van der Waals surface area contributed by atoms with Gasteiger partial charge < -0.3 is 4.90 Å². The Morgan fingerprint density at radius 3 is 2.94 bits per heavy atom. The van der Waals surface area contributed by atoms with Crippen molar-refractivity contribution in [3.63, 3.8) is 0 Å². The number of aryl methyl sites for hydroxylation is 1. The van der Waals surface area contributed by atoms with E-state index in [-0.39, 0.29) is 11.9 Å². The molecule has 17 heavy (non-hydrogen) atoms. The van der Waals surface area contributed by atoms with Gasteiger partial charge in [0, 0.05) is 12.1 Å². The number of hydrogen-bond acceptors (Lipinski definition) is 2. The molecule has 1 atom stereocenters. The molecule has 1 unspecified atom stereocenters. The van der Waals surface area contributed by atoms with Crippen molar-refractivity contribution in [2.75, 3.05) is 6.54 Å². The predicted octanol–water partition coefficient (Wildman–Crippen LogP) is 2.26. The summed E-state index contributed by atoms with van der Waals surface area (Å²) in [6.45, 7) is 2.32. The summed E-state index contributed by atoms with van der Waals surface area (Å²) in [4.78, 5) is 13.7. The standard InChI is InChI=1S/C13H13FN2O/c1-9-5-10(7-11(14)6-9)13(17)16-4-2-3-12(16)8-15/h5-7,12H,2-4H2,1H3. The first-order valence-electron chi connectivity index (χ1n) is 5.59. The summed E-state index contributed by atoms with van der Waals surface area (Å²) in [5, 5.41) is 8.92. The largest absolute Gasteiger partial charge is 0.323 e. The zero-order valence-electron chi connectivity index (χ0n) is 9.61. The molecule has 1 heterocycles. The van der Waals surface area contributed by atoms with Crippen LogP contribution in [0.25, 0.3) is 0 Å². The molecule has 4 heteroatoms. The number of benzene rings is 1. The summed E-state index contributed by atoms with van der Waals surface area (Å²) in [6, 6.07) is 5.99. The maximum atomic E-state index is 13.2. The van der Waals surface area contributed by atoms with Crippen LogP contribution in [0.3, 0.4) is 0 Å². The van der Waals surface area contributed by atoms with Gasteiger partial charge in [0.15, 0.2) is 0 Å². The Labute approximate surface area is 99.5 Å². The van der Waals surface area contributed by atoms with Crippen molar-refractivity contribution in [2.45, 2.75) is 25.8 Å². The number of hydrogen-bond donors (Lipinski definition) is 0. The molecule has 1 aromatic rings. The van der Waals surface area contributed by atoms with Crippen molar-refractivity contribution in [1.29, 1.82) is 5.26 Å². The van der Waals surface area contributed by atoms with Crippen LogP contribution in [-0.4, -0.2) is 23.4 Å². The van der Waals surface area contributed by atoms with Gasteiger partial charge in [0.1, 0.15) is 11.9 Å². The lowest BCUT2D eigenvalue weighted by Crippen LogP contribution is -2.34. The molecule has 88 valence electrons. The van der Waals surface area contributed by atoms with E-state index in [1.165, 1.54) is 17.0 Å². The second-order valence-electron chi connectivity index (χ2n) is 4.30. The van der Waals surface area contributed by atoms with Crippen molar-refractivity contribution < 1.29 is 9.18 Å². The molecule has 0 radical (unpaired) electrons. The SMILES string of the molecule is Cc1cc(F)cc(C(=O)N2CCCC2C#N)c1. The van der Waals surface area contributed by atoms with Crippen molar-refractivity contribution in [3.05, 3.63) is 35.1 Å². The van der Waals surface area contributed by atoms with Gasteiger partial charge in [0.05, 0.1) is 6.07 Å². The third kappa shape index (κ3) is 2.28. The highest BCUT2D eigenvalue weighted by molar-refractivity contribution is 5.95. The summed E-state index contributed by atoms with van der Waals surface area (Å²) in [5.41, 5.74) is 1.03. The Bertz CT molecular complexity index is 472. The van der Waals surface area contributed by atoms with Crippen LogP contribution < -0.4 is 0 Å². The summed E-state index contributed by atoms with van der Waals surface area (Å²) in [7, 11) is 0. The average Bonchev–Trinajstić information content (AvgIpc) is 2.74. The second-order valence-corrected chi connectivity index (χ2v) is 4.30. The van der Waals surface area contributed by atoms with Gasteiger partial charge in [-0.25, -0.2) is 4.39 Å². The van der Waals surface area contributed by atoms with Crippen LogP contribution in [0.4, 0.5) is 4.39 Å². The second kappa shape index (κ2) is 4.54. The quantitative estimate of drug-likeness (QED) is 0.745. The topological polar surface area (TPSA) is 44.1 Å². The molecule has 1 aromatic carbocycles. The van der Waals surface area contributed by atoms with Gasteiger partial charge >= 0.3 is 0 Å². The molecule has 3 nitrogen and oxygen atoms in total. The van der Waals surface area contributed by atoms with E-state index in [4.69, 9.17) is 5.26 Å². The number of nitrogens with zero attached hydrogens (tertiary/aromatic N) is 2. The molecular weight excluding hydrogens is 219 g/mol. The van der Waals surface area contributed by atoms with E-state index >= 15 is 0 Å². The highest BCUT2D eigenvalue weighted by Gasteiger charge is 2.29. The van der Waals surface area contributed by atoms with Gasteiger partial charge in [-0.1, -0.05) is 0 Å². The van der Waals surface area contributed by atoms with Crippen LogP contribution in [0.15, 0.2) is 18.2 Å². The van der Waals surface area contributed by atoms with Gasteiger partial charge in [-0.05, 0) is 43.5 Å². The minimum absolute atomic E-state index is 0.253. The lowest BCUT2D eigenvalue weighted by Gasteiger charge is -2.19. The third-order valence-corrected chi connectivity index (χ3v) is 2.95. The molecule has 0 bridgehead atoms. The molecule has 0 N–H and O–H groups in total. The number of amides is 1. The van der Waals surface area contributed by atoms with E-state index in [0.717, 1.165) is 6.42 Å². The van der Waals surface area contributed by atoms with Crippen LogP contribution in [0, 0.1) is 24.1 Å². The fourth-order valence-electron chi connectivity index (χ4n) is 2.17. The molecular formula is C13H13FN2O. The number of likely N-dealkylation sites (tertiary alicyclic amines) is 1. The van der Waals surface area contributed by atoms with Gasteiger partial charge in [0.25, 0.3) is 5.91 Å². The Hall–Kier alpha value is -1.89. The van der Waals surface area contributed by atoms with E-state index in [0.29, 0.717) is 24.1 Å². The molecule has 0 spiro atoms. The van der Waals surface area contributed by atoms with Gasteiger partial charge in [-0.2, -0.15) is 5.26 Å². The van der Waals surface area contributed by atoms with Crippen LogP contribution >= 0.6 is 0 Å². The first-order chi connectivity index (χ1) is 8.11. The molecule has 2 rings (SSSR count). The van der Waals surface area contributed by atoms with E-state index in [9.17, 15) is 9.18 Å². The third-order valence-electron chi connectivity index (χ3n) is 2.95. The Morgan fingerprint density at radius 1 is 1.53 bits per heavy atom. The number of nitriles is 1. The average molecular weight is 232 g/mol. The summed E-state index contributed by atoms with van der Waals surface area (Å²) >= 11 is 0. The summed E-state index contributed by atoms with van der Waals surface area (Å²) < 4.78 is 13.2. The summed E-state index contributed by atoms with van der Waals surface area (Å²) in [6.07, 6.45) is 1.54. The molecule has 0 aromatic heterocycles. The van der Waals surface area contributed by atoms with Crippen molar-refractivity contribution in [3.8, 4) is 6.07 Å². The number of halogens is 1. The van der Waals surface area contributed by atoms with Crippen molar-refractivity contribution in [2.24, 2.45) is 0 Å². The van der Waals surface area contributed by atoms with Gasteiger partial charge in [0.2, 0.25) is 0 Å². The van der Waals surface area contributed by atoms with Crippen molar-refractivity contribution in [1.82, 2.24) is 4.90 Å². The number of carbonyl (C=O) groups excluding carboxylic acids is 1. The Balaban J connectivity index is 2.28. The molecule has 1 saturated heterocycles. The summed E-state index contributed by atoms with van der Waals surface area (Å²) in [5.74, 6) is -0.669. The fraction of sp³-hybridized carbons (Fsp3) is 0.385. The maximum Gasteiger partial charge on any atom is 0.255 e. The number of rotatable bonds is 1. The molecule has 1 aliphatic heterocycles. The maximum absolute atomic E-state index is 13.2. The lowest BCUT2D eigenvalue weighted by atomic mass is 10.1. The zero-order chi connectivity index (χ0) is 12.4. The first-order valence-corrected chi connectivity index (χ1v) is 5.59. The fourth-order valence-corrected chi connectivity index (χ4v) is 2.17. The van der Waals surface area contributed by atoms with Crippen LogP contribution in [0.1, 0.15) is 28.8 Å². The molecule has 1 fully saturated rings. The monoisotopic (exact) mass is 232 g/mol. The minimum atomic E-state index is -0.416. The van der Waals surface area contributed by atoms with E-state index < -0.39 is 5.82 Å². The molecule has 0 saturated carbocycles. The van der Waals surface area contributed by atoms with Crippen LogP contribution in [-0.2, 0) is 0 Å². The van der Waals surface area contributed by atoms with Crippen LogP contribution in [0.5, 0.6) is 0 Å². The molecule has 1 aliphatic rings. The van der Waals surface area contributed by atoms with Gasteiger partial charge in [-0.15, -0.1) is 0 Å². The van der Waals surface area contributed by atoms with E-state index in [1.807, 2.05) is 0 Å². The highest BCUT2D eigenvalue weighted by atomic mass is 19.1. The predicted molar refractivity (Wildman–Crippen MR) is 60.8 cm³/mol. The van der Waals surface area contributed by atoms with E-state index in [1.54, 1.807) is 13.0 Å². The smallest absolute Gasteiger partial charge is 0.255 e. The minimum Gasteiger partial charge on any atom is -0.323 e. The zero-order valence-corrected chi connectivity index (χ0v) is 9.61. The highest BCUT2D eigenvalue weighted by Crippen LogP contribution is 2.20. The van der Waals surface area contributed by atoms with Gasteiger partial charge in [-0.3, -0.25) is 4.79 Å². The molecule has 1 amide bonds. The Morgan fingerprint density at radius 2 is 2.29 bits per heavy atom. The first kappa shape index (κ1) is 11.6. The lowest BCUT2D eigenvalue weighted by molar-refractivity contribution is 0.0764. The Kier molecular flexibility index (Phi) is 3.10. The normalized spacial score (nSPS) is 19.1. The van der Waals surface area contributed by atoms with Crippen LogP contribution in [0.2, 0.25) is 0 Å². The van der Waals surface area contributed by atoms with E-state index in [2.05, 4.69) is 6.07 Å². The number of carbonyl (C=O) groups is 1.